The predicted molar refractivity (Wildman–Crippen MR) is 69.1 cm³/mol. The van der Waals surface area contributed by atoms with Gasteiger partial charge in [0.05, 0.1) is 20.5 Å². The molecule has 15 heavy (non-hydrogen) atoms. The molecule has 0 aliphatic carbocycles. The van der Waals surface area contributed by atoms with Gasteiger partial charge in [-0.1, -0.05) is 29.8 Å². The summed E-state index contributed by atoms with van der Waals surface area (Å²) in [6, 6.07) is 8.68. The molecular weight excluding hydrogens is 225 g/mol. The maximum atomic E-state index is 5.34. The van der Waals surface area contributed by atoms with Crippen LogP contribution in [0.2, 0.25) is 0 Å². The van der Waals surface area contributed by atoms with Gasteiger partial charge in [0.1, 0.15) is 0 Å². The molecule has 2 nitrogen and oxygen atoms in total. The van der Waals surface area contributed by atoms with Crippen LogP contribution in [0.3, 0.4) is 0 Å². The summed E-state index contributed by atoms with van der Waals surface area (Å²) in [6.07, 6.45) is 0. The van der Waals surface area contributed by atoms with Crippen LogP contribution in [-0.4, -0.2) is 31.0 Å². The third-order valence-corrected chi connectivity index (χ3v) is 5.67. The molecule has 1 aromatic carbocycles. The van der Waals surface area contributed by atoms with Gasteiger partial charge in [-0.2, -0.15) is 0 Å². The summed E-state index contributed by atoms with van der Waals surface area (Å²) in [5.41, 5.74) is 1.30. The summed E-state index contributed by atoms with van der Waals surface area (Å²) < 4.78 is 7.75. The van der Waals surface area contributed by atoms with Crippen LogP contribution in [0, 0.1) is 6.92 Å². The Morgan fingerprint density at radius 1 is 1.20 bits per heavy atom. The van der Waals surface area contributed by atoms with Crippen molar-refractivity contribution in [3.8, 4) is 0 Å². The molecule has 1 aromatic rings. The molecule has 0 bridgehead atoms. The first-order valence-electron chi connectivity index (χ1n) is 5.15. The first-order chi connectivity index (χ1) is 7.27. The van der Waals surface area contributed by atoms with E-state index < -0.39 is 7.27 Å². The van der Waals surface area contributed by atoms with E-state index in [1.165, 1.54) is 10.9 Å². The molecule has 4 heteroatoms. The largest absolute Gasteiger partial charge is 0.379 e. The summed E-state index contributed by atoms with van der Waals surface area (Å²) in [4.78, 5) is 0. The minimum absolute atomic E-state index is 0.458. The maximum Gasteiger partial charge on any atom is 0.0597 e. The molecule has 0 radical (unpaired) electrons. The molecule has 0 saturated carbocycles. The number of rotatable bonds is 2. The van der Waals surface area contributed by atoms with E-state index in [1.807, 2.05) is 0 Å². The van der Waals surface area contributed by atoms with Gasteiger partial charge < -0.3 is 4.74 Å². The molecule has 1 unspecified atom stereocenters. The van der Waals surface area contributed by atoms with Crippen LogP contribution in [0.25, 0.3) is 0 Å². The molecule has 1 aliphatic rings. The molecule has 1 atom stereocenters. The first-order valence-corrected chi connectivity index (χ1v) is 7.60. The van der Waals surface area contributed by atoms with Gasteiger partial charge in [0.15, 0.2) is 0 Å². The number of thiol groups is 1. The molecule has 0 amide bonds. The van der Waals surface area contributed by atoms with Crippen molar-refractivity contribution in [1.82, 2.24) is 4.67 Å². The minimum atomic E-state index is -0.458. The number of hydrogen-bond acceptors (Lipinski definition) is 3. The molecule has 82 valence electrons. The molecular formula is C11H16NOPS. The van der Waals surface area contributed by atoms with Crippen molar-refractivity contribution < 1.29 is 4.74 Å². The number of ether oxygens (including phenoxy) is 1. The van der Waals surface area contributed by atoms with Gasteiger partial charge in [-0.15, -0.1) is 12.2 Å². The van der Waals surface area contributed by atoms with E-state index in [9.17, 15) is 0 Å². The lowest BCUT2D eigenvalue weighted by Crippen LogP contribution is -2.33. The van der Waals surface area contributed by atoms with Gasteiger partial charge in [0.25, 0.3) is 0 Å². The van der Waals surface area contributed by atoms with Gasteiger partial charge in [0.2, 0.25) is 0 Å². The van der Waals surface area contributed by atoms with E-state index in [0.29, 0.717) is 0 Å². The highest BCUT2D eigenvalue weighted by atomic mass is 32.7. The summed E-state index contributed by atoms with van der Waals surface area (Å²) >= 11 is 4.73. The number of aryl methyl sites for hydroxylation is 1. The van der Waals surface area contributed by atoms with Crippen LogP contribution in [0.1, 0.15) is 5.56 Å². The van der Waals surface area contributed by atoms with Crippen LogP contribution in [0.5, 0.6) is 0 Å². The fraction of sp³-hybridized carbons (Fsp3) is 0.455. The maximum absolute atomic E-state index is 5.34. The third-order valence-electron chi connectivity index (χ3n) is 2.52. The zero-order valence-electron chi connectivity index (χ0n) is 8.89. The average Bonchev–Trinajstić information content (AvgIpc) is 2.30. The fourth-order valence-electron chi connectivity index (χ4n) is 1.58. The Balaban J connectivity index is 2.05. The van der Waals surface area contributed by atoms with Crippen molar-refractivity contribution in [2.75, 3.05) is 26.3 Å². The van der Waals surface area contributed by atoms with E-state index in [0.717, 1.165) is 26.3 Å². The number of benzene rings is 1. The second kappa shape index (κ2) is 5.31. The summed E-state index contributed by atoms with van der Waals surface area (Å²) in [7, 11) is -0.458. The Morgan fingerprint density at radius 3 is 2.40 bits per heavy atom. The van der Waals surface area contributed by atoms with Crippen molar-refractivity contribution in [2.45, 2.75) is 6.92 Å². The summed E-state index contributed by atoms with van der Waals surface area (Å²) in [5.74, 6) is 0. The van der Waals surface area contributed by atoms with Crippen molar-refractivity contribution in [1.29, 1.82) is 0 Å². The smallest absolute Gasteiger partial charge is 0.0597 e. The summed E-state index contributed by atoms with van der Waals surface area (Å²) in [6.45, 7) is 5.79. The number of nitrogens with zero attached hydrogens (tertiary/aromatic N) is 1. The Hall–Kier alpha value is -0.0800. The molecule has 2 rings (SSSR count). The highest BCUT2D eigenvalue weighted by Crippen LogP contribution is 2.43. The second-order valence-electron chi connectivity index (χ2n) is 3.69. The predicted octanol–water partition coefficient (Wildman–Crippen LogP) is 2.19. The van der Waals surface area contributed by atoms with Crippen LogP contribution in [0.15, 0.2) is 24.3 Å². The molecule has 1 fully saturated rings. The highest BCUT2D eigenvalue weighted by molar-refractivity contribution is 8.47. The fourth-order valence-corrected chi connectivity index (χ4v) is 3.81. The number of morpholine rings is 1. The lowest BCUT2D eigenvalue weighted by Gasteiger charge is -2.31. The molecule has 0 N–H and O–H groups in total. The molecule has 1 heterocycles. The first kappa shape index (κ1) is 11.4. The van der Waals surface area contributed by atoms with Crippen LogP contribution < -0.4 is 5.30 Å². The minimum Gasteiger partial charge on any atom is -0.379 e. The Labute approximate surface area is 97.6 Å². The summed E-state index contributed by atoms with van der Waals surface area (Å²) in [5, 5.41) is 1.33. The number of hydrogen-bond donors (Lipinski definition) is 1. The van der Waals surface area contributed by atoms with Gasteiger partial charge in [-0.25, -0.2) is 0 Å². The van der Waals surface area contributed by atoms with E-state index in [2.05, 4.69) is 35.9 Å². The standard InChI is InChI=1S/C11H16NOPS/c1-10-2-4-11(5-3-10)14(15)12-6-8-13-9-7-12/h2-5,15H,6-9H2,1H3. The van der Waals surface area contributed by atoms with Crippen LogP contribution in [0.4, 0.5) is 0 Å². The zero-order chi connectivity index (χ0) is 10.7. The lowest BCUT2D eigenvalue weighted by atomic mass is 10.2. The monoisotopic (exact) mass is 241 g/mol. The van der Waals surface area contributed by atoms with Gasteiger partial charge in [0, 0.05) is 18.4 Å². The van der Waals surface area contributed by atoms with Crippen molar-refractivity contribution >= 4 is 24.8 Å². The molecule has 1 saturated heterocycles. The van der Waals surface area contributed by atoms with Gasteiger partial charge >= 0.3 is 0 Å². The van der Waals surface area contributed by atoms with Crippen molar-refractivity contribution in [3.05, 3.63) is 29.8 Å². The topological polar surface area (TPSA) is 12.5 Å². The van der Waals surface area contributed by atoms with Crippen LogP contribution in [-0.2, 0) is 4.74 Å². The average molecular weight is 241 g/mol. The quantitative estimate of drug-likeness (QED) is 0.629. The third kappa shape index (κ3) is 2.94. The molecule has 0 aromatic heterocycles. The van der Waals surface area contributed by atoms with E-state index >= 15 is 0 Å². The van der Waals surface area contributed by atoms with Gasteiger partial charge in [-0.3, -0.25) is 4.67 Å². The second-order valence-corrected chi connectivity index (χ2v) is 6.49. The SMILES string of the molecule is Cc1ccc(P(S)N2CCOCC2)cc1. The van der Waals surface area contributed by atoms with Gasteiger partial charge in [-0.05, 0) is 6.92 Å². The molecule has 0 spiro atoms. The Morgan fingerprint density at radius 2 is 1.80 bits per heavy atom. The van der Waals surface area contributed by atoms with E-state index in [-0.39, 0.29) is 0 Å². The van der Waals surface area contributed by atoms with E-state index in [1.54, 1.807) is 0 Å². The Kier molecular flexibility index (Phi) is 4.04. The zero-order valence-corrected chi connectivity index (χ0v) is 10.7. The van der Waals surface area contributed by atoms with Crippen LogP contribution >= 0.6 is 19.5 Å². The highest BCUT2D eigenvalue weighted by Gasteiger charge is 2.18. The van der Waals surface area contributed by atoms with E-state index in [4.69, 9.17) is 17.0 Å². The normalized spacial score (nSPS) is 20.1. The Bertz CT molecular complexity index is 311. The van der Waals surface area contributed by atoms with Crippen molar-refractivity contribution in [3.63, 3.8) is 0 Å². The lowest BCUT2D eigenvalue weighted by molar-refractivity contribution is 0.0760. The van der Waals surface area contributed by atoms with Crippen molar-refractivity contribution in [2.24, 2.45) is 0 Å². The molecule has 1 aliphatic heterocycles.